The summed E-state index contributed by atoms with van der Waals surface area (Å²) in [4.78, 5) is 0. The third kappa shape index (κ3) is 1.87. The van der Waals surface area contributed by atoms with Crippen LogP contribution in [0, 0.1) is 11.8 Å². The summed E-state index contributed by atoms with van der Waals surface area (Å²) in [5.74, 6) is 1.27. The van der Waals surface area contributed by atoms with Crippen molar-refractivity contribution in [2.45, 2.75) is 37.5 Å². The molecule has 2 bridgehead atoms. The van der Waals surface area contributed by atoms with Crippen molar-refractivity contribution in [2.75, 3.05) is 6.54 Å². The second-order valence-corrected chi connectivity index (χ2v) is 5.12. The van der Waals surface area contributed by atoms with E-state index in [1.807, 2.05) is 0 Å². The van der Waals surface area contributed by atoms with Crippen LogP contribution in [0.15, 0.2) is 12.3 Å². The van der Waals surface area contributed by atoms with E-state index in [-0.39, 0.29) is 11.3 Å². The van der Waals surface area contributed by atoms with Gasteiger partial charge in [-0.15, -0.1) is 0 Å². The molecule has 0 aromatic rings. The molecule has 0 amide bonds. The molecule has 3 atom stereocenters. The van der Waals surface area contributed by atoms with Crippen LogP contribution in [-0.4, -0.2) is 34.4 Å². The summed E-state index contributed by atoms with van der Waals surface area (Å²) in [5.41, 5.74) is -0.287. The van der Waals surface area contributed by atoms with E-state index in [4.69, 9.17) is 10.0 Å². The lowest BCUT2D eigenvalue weighted by atomic mass is 9.77. The molecule has 1 saturated carbocycles. The Morgan fingerprint density at radius 3 is 2.75 bits per heavy atom. The molecule has 1 heterocycles. The van der Waals surface area contributed by atoms with E-state index in [2.05, 4.69) is 11.9 Å². The van der Waals surface area contributed by atoms with Crippen molar-refractivity contribution < 1.29 is 15.2 Å². The first-order chi connectivity index (χ1) is 7.56. The summed E-state index contributed by atoms with van der Waals surface area (Å²) in [7, 11) is -1.21. The monoisotopic (exact) mass is 225 g/mol. The summed E-state index contributed by atoms with van der Waals surface area (Å²) in [6, 6.07) is 0. The molecule has 2 rings (SSSR count). The van der Waals surface area contributed by atoms with Crippen molar-refractivity contribution in [1.29, 1.82) is 0 Å². The van der Waals surface area contributed by atoms with Crippen LogP contribution in [0.1, 0.15) is 25.7 Å². The van der Waals surface area contributed by atoms with Crippen LogP contribution >= 0.6 is 0 Å². The summed E-state index contributed by atoms with van der Waals surface area (Å²) in [5, 5.41) is 30.8. The maximum atomic E-state index is 9.75. The van der Waals surface area contributed by atoms with Gasteiger partial charge >= 0.3 is 7.12 Å². The quantitative estimate of drug-likeness (QED) is 0.410. The minimum atomic E-state index is -1.21. The number of piperidine rings is 1. The Morgan fingerprint density at radius 2 is 2.25 bits per heavy atom. The predicted octanol–water partition coefficient (Wildman–Crippen LogP) is 0.679. The molecule has 2 fully saturated rings. The fourth-order valence-corrected chi connectivity index (χ4v) is 3.44. The molecule has 0 aromatic carbocycles. The van der Waals surface area contributed by atoms with Crippen molar-refractivity contribution in [3.05, 3.63) is 12.3 Å². The topological polar surface area (TPSA) is 72.7 Å². The number of rotatable bonds is 5. The van der Waals surface area contributed by atoms with Gasteiger partial charge in [-0.1, -0.05) is 13.0 Å². The number of hydrogen-bond acceptors (Lipinski definition) is 4. The molecule has 1 aliphatic heterocycles. The van der Waals surface area contributed by atoms with Gasteiger partial charge in [0.1, 0.15) is 5.76 Å². The summed E-state index contributed by atoms with van der Waals surface area (Å²) in [6.45, 7) is 4.64. The largest absolute Gasteiger partial charge is 0.511 e. The zero-order valence-corrected chi connectivity index (χ0v) is 9.52. The highest BCUT2D eigenvalue weighted by molar-refractivity contribution is 6.40. The Balaban J connectivity index is 1.95. The van der Waals surface area contributed by atoms with Crippen LogP contribution < -0.4 is 5.32 Å². The first kappa shape index (κ1) is 12.0. The van der Waals surface area contributed by atoms with E-state index in [0.717, 1.165) is 32.2 Å². The molecule has 0 radical (unpaired) electrons. The van der Waals surface area contributed by atoms with Crippen LogP contribution in [-0.2, 0) is 0 Å². The number of nitrogens with one attached hydrogen (secondary N) is 1. The second-order valence-electron chi connectivity index (χ2n) is 5.12. The van der Waals surface area contributed by atoms with Crippen LogP contribution in [0.4, 0.5) is 0 Å². The molecule has 16 heavy (non-hydrogen) atoms. The molecule has 5 heteroatoms. The highest BCUT2D eigenvalue weighted by Crippen LogP contribution is 2.50. The first-order valence-electron chi connectivity index (χ1n) is 6.06. The van der Waals surface area contributed by atoms with Gasteiger partial charge in [0.2, 0.25) is 0 Å². The number of fused-ring (bicyclic) bond motifs is 2. The van der Waals surface area contributed by atoms with Crippen LogP contribution in [0.5, 0.6) is 0 Å². The van der Waals surface area contributed by atoms with Gasteiger partial charge in [0, 0.05) is 0 Å². The van der Waals surface area contributed by atoms with Crippen molar-refractivity contribution >= 4 is 7.12 Å². The molecule has 0 spiro atoms. The van der Waals surface area contributed by atoms with Gasteiger partial charge in [-0.05, 0) is 44.0 Å². The van der Waals surface area contributed by atoms with Crippen LogP contribution in [0.3, 0.4) is 0 Å². The van der Waals surface area contributed by atoms with Gasteiger partial charge in [0.05, 0.1) is 5.54 Å². The summed E-state index contributed by atoms with van der Waals surface area (Å²) >= 11 is 0. The number of hydrogen-bond donors (Lipinski definition) is 4. The Labute approximate surface area is 96.5 Å². The van der Waals surface area contributed by atoms with Gasteiger partial charge in [-0.3, -0.25) is 0 Å². The van der Waals surface area contributed by atoms with Gasteiger partial charge in [-0.2, -0.15) is 0 Å². The molecular formula is C11H20BNO3. The lowest BCUT2D eigenvalue weighted by molar-refractivity contribution is 0.225. The number of aliphatic hydroxyl groups is 1. The number of aliphatic hydroxyl groups excluding tert-OH is 1. The maximum absolute atomic E-state index is 9.75. The van der Waals surface area contributed by atoms with Crippen LogP contribution in [0.25, 0.3) is 0 Å². The minimum Gasteiger partial charge on any atom is -0.511 e. The Morgan fingerprint density at radius 1 is 1.50 bits per heavy atom. The molecule has 4 N–H and O–H groups in total. The fourth-order valence-electron chi connectivity index (χ4n) is 3.44. The predicted molar refractivity (Wildman–Crippen MR) is 62.9 cm³/mol. The van der Waals surface area contributed by atoms with Crippen molar-refractivity contribution in [3.63, 3.8) is 0 Å². The lowest BCUT2D eigenvalue weighted by Crippen LogP contribution is -2.45. The third-order valence-corrected chi connectivity index (χ3v) is 4.28. The fraction of sp³-hybridized carbons (Fsp3) is 0.818. The Bertz CT molecular complexity index is 274. The van der Waals surface area contributed by atoms with Gasteiger partial charge in [-0.25, -0.2) is 0 Å². The lowest BCUT2D eigenvalue weighted by Gasteiger charge is -2.31. The molecule has 4 nitrogen and oxygen atoms in total. The zero-order chi connectivity index (χ0) is 11.8. The molecule has 2 aliphatic rings. The summed E-state index contributed by atoms with van der Waals surface area (Å²) in [6.07, 6.45) is 4.22. The molecule has 1 saturated heterocycles. The smallest absolute Gasteiger partial charge is 0.451 e. The highest BCUT2D eigenvalue weighted by Gasteiger charge is 2.54. The average molecular weight is 225 g/mol. The van der Waals surface area contributed by atoms with E-state index in [1.54, 1.807) is 0 Å². The zero-order valence-electron chi connectivity index (χ0n) is 9.52. The normalized spacial score (nSPS) is 36.6. The maximum Gasteiger partial charge on any atom is 0.451 e. The van der Waals surface area contributed by atoms with Crippen molar-refractivity contribution in [2.24, 2.45) is 11.8 Å². The Hall–Kier alpha value is -0.515. The molecule has 0 aromatic heterocycles. The van der Waals surface area contributed by atoms with E-state index in [9.17, 15) is 5.11 Å². The van der Waals surface area contributed by atoms with E-state index in [0.29, 0.717) is 18.2 Å². The third-order valence-electron chi connectivity index (χ3n) is 4.28. The SMILES string of the molecule is C=C(O)C12CCC(CN1)C2CCCB(O)O. The second kappa shape index (κ2) is 4.39. The molecular weight excluding hydrogens is 205 g/mol. The van der Waals surface area contributed by atoms with Crippen LogP contribution in [0.2, 0.25) is 6.32 Å². The minimum absolute atomic E-state index is 0.252. The molecule has 1 aliphatic carbocycles. The standard InChI is InChI=1S/C11H20BNO3/c1-8(14)11-5-4-9(7-13-11)10(11)3-2-6-12(15)16/h9-10,13-16H,1-7H2. The first-order valence-corrected chi connectivity index (χ1v) is 6.06. The highest BCUT2D eigenvalue weighted by atomic mass is 16.4. The van der Waals surface area contributed by atoms with Gasteiger partial charge in [0.15, 0.2) is 0 Å². The van der Waals surface area contributed by atoms with E-state index < -0.39 is 7.12 Å². The average Bonchev–Trinajstić information content (AvgIpc) is 2.74. The molecule has 90 valence electrons. The summed E-state index contributed by atoms with van der Waals surface area (Å²) < 4.78 is 0. The van der Waals surface area contributed by atoms with E-state index >= 15 is 0 Å². The van der Waals surface area contributed by atoms with Gasteiger partial charge < -0.3 is 20.5 Å². The van der Waals surface area contributed by atoms with Gasteiger partial charge in [0.25, 0.3) is 0 Å². The Kier molecular flexibility index (Phi) is 3.28. The van der Waals surface area contributed by atoms with E-state index in [1.165, 1.54) is 0 Å². The molecule has 3 unspecified atom stereocenters. The van der Waals surface area contributed by atoms with Crippen molar-refractivity contribution in [1.82, 2.24) is 5.32 Å². The van der Waals surface area contributed by atoms with Crippen molar-refractivity contribution in [3.8, 4) is 0 Å².